The molecule has 0 unspecified atom stereocenters. The van der Waals surface area contributed by atoms with Crippen molar-refractivity contribution in [3.63, 3.8) is 0 Å². The summed E-state index contributed by atoms with van der Waals surface area (Å²) in [4.78, 5) is 13.7. The van der Waals surface area contributed by atoms with E-state index in [1.807, 2.05) is 36.4 Å². The van der Waals surface area contributed by atoms with Crippen LogP contribution in [0.15, 0.2) is 52.5 Å². The summed E-state index contributed by atoms with van der Waals surface area (Å²) in [6.07, 6.45) is 0. The van der Waals surface area contributed by atoms with Crippen molar-refractivity contribution in [2.24, 2.45) is 0 Å². The largest absolute Gasteiger partial charge is 0.477 e. The maximum absolute atomic E-state index is 8.68. The summed E-state index contributed by atoms with van der Waals surface area (Å²) >= 11 is 13.7. The van der Waals surface area contributed by atoms with Gasteiger partial charge in [0.15, 0.2) is 17.6 Å². The number of nitrogens with zero attached hydrogens (tertiary/aromatic N) is 4. The maximum Gasteiger partial charge on any atom is 0.224 e. The van der Waals surface area contributed by atoms with Crippen molar-refractivity contribution in [2.45, 2.75) is 10.1 Å². The molecule has 0 aliphatic carbocycles. The first kappa shape index (κ1) is 18.3. The third-order valence-electron chi connectivity index (χ3n) is 3.14. The van der Waals surface area contributed by atoms with E-state index in [1.54, 1.807) is 6.07 Å². The SMILES string of the molecule is N#CCOc1cc(-c2nc(N)nc(Sc3ccccc3)n2)c(Cl)cc1Cl. The lowest BCUT2D eigenvalue weighted by Gasteiger charge is -2.10. The smallest absolute Gasteiger partial charge is 0.224 e. The van der Waals surface area contributed by atoms with Gasteiger partial charge >= 0.3 is 0 Å². The Balaban J connectivity index is 2.00. The van der Waals surface area contributed by atoms with Crippen LogP contribution < -0.4 is 10.5 Å². The van der Waals surface area contributed by atoms with Crippen LogP contribution in [0.5, 0.6) is 5.75 Å². The molecular weight excluding hydrogens is 393 g/mol. The molecule has 0 saturated carbocycles. The maximum atomic E-state index is 8.68. The van der Waals surface area contributed by atoms with E-state index in [2.05, 4.69) is 15.0 Å². The minimum Gasteiger partial charge on any atom is -0.477 e. The first-order chi connectivity index (χ1) is 12.6. The zero-order valence-electron chi connectivity index (χ0n) is 13.2. The number of ether oxygens (including phenoxy) is 1. The Bertz CT molecular complexity index is 979. The molecule has 0 atom stereocenters. The minimum atomic E-state index is -0.144. The first-order valence-electron chi connectivity index (χ1n) is 7.30. The number of nitrogens with two attached hydrogens (primary N) is 1. The molecule has 130 valence electrons. The zero-order valence-corrected chi connectivity index (χ0v) is 15.5. The molecule has 0 spiro atoms. The molecule has 6 nitrogen and oxygen atoms in total. The highest BCUT2D eigenvalue weighted by molar-refractivity contribution is 7.99. The van der Waals surface area contributed by atoms with Gasteiger partial charge in [0.05, 0.1) is 10.0 Å². The Morgan fingerprint density at radius 3 is 2.58 bits per heavy atom. The summed E-state index contributed by atoms with van der Waals surface area (Å²) < 4.78 is 5.30. The molecule has 3 rings (SSSR count). The average Bonchev–Trinajstić information content (AvgIpc) is 2.61. The molecule has 9 heteroatoms. The van der Waals surface area contributed by atoms with Crippen LogP contribution in [0.25, 0.3) is 11.4 Å². The van der Waals surface area contributed by atoms with Crippen LogP contribution in [0.2, 0.25) is 10.0 Å². The van der Waals surface area contributed by atoms with E-state index >= 15 is 0 Å². The quantitative estimate of drug-likeness (QED) is 0.669. The summed E-state index contributed by atoms with van der Waals surface area (Å²) in [7, 11) is 0. The molecule has 0 fully saturated rings. The lowest BCUT2D eigenvalue weighted by atomic mass is 10.2. The summed E-state index contributed by atoms with van der Waals surface area (Å²) in [6.45, 7) is -0.144. The van der Waals surface area contributed by atoms with Gasteiger partial charge in [-0.2, -0.15) is 15.2 Å². The third-order valence-corrected chi connectivity index (χ3v) is 4.62. The molecule has 1 aromatic heterocycles. The predicted molar refractivity (Wildman–Crippen MR) is 101 cm³/mol. The fourth-order valence-corrected chi connectivity index (χ4v) is 3.35. The van der Waals surface area contributed by atoms with Crippen molar-refractivity contribution < 1.29 is 4.74 Å². The molecule has 0 aliphatic heterocycles. The molecule has 3 aromatic rings. The molecule has 0 radical (unpaired) electrons. The van der Waals surface area contributed by atoms with E-state index in [1.165, 1.54) is 17.8 Å². The van der Waals surface area contributed by atoms with Gasteiger partial charge in [-0.05, 0) is 36.0 Å². The standard InChI is InChI=1S/C17H11Cl2N5OS/c18-12-9-13(19)14(25-7-6-20)8-11(12)15-22-16(21)24-17(23-15)26-10-4-2-1-3-5-10/h1-5,8-9H,7H2,(H2,21,22,23,24). The van der Waals surface area contributed by atoms with E-state index in [4.69, 9.17) is 38.9 Å². The molecule has 0 amide bonds. The molecule has 0 aliphatic rings. The van der Waals surface area contributed by atoms with Gasteiger partial charge < -0.3 is 10.5 Å². The van der Waals surface area contributed by atoms with Gasteiger partial charge in [0.25, 0.3) is 0 Å². The number of hydrogen-bond acceptors (Lipinski definition) is 7. The van der Waals surface area contributed by atoms with Crippen molar-refractivity contribution in [1.82, 2.24) is 15.0 Å². The molecule has 2 aromatic carbocycles. The van der Waals surface area contributed by atoms with Gasteiger partial charge in [-0.15, -0.1) is 0 Å². The Hall–Kier alpha value is -2.53. The summed E-state index contributed by atoms with van der Waals surface area (Å²) in [5.41, 5.74) is 6.31. The van der Waals surface area contributed by atoms with E-state index in [0.717, 1.165) is 4.90 Å². The van der Waals surface area contributed by atoms with Crippen LogP contribution >= 0.6 is 35.0 Å². The van der Waals surface area contributed by atoms with Crippen molar-refractivity contribution in [3.05, 3.63) is 52.5 Å². The number of hydrogen-bond donors (Lipinski definition) is 1. The van der Waals surface area contributed by atoms with Crippen LogP contribution in [-0.2, 0) is 0 Å². The van der Waals surface area contributed by atoms with Gasteiger partial charge in [0.2, 0.25) is 5.95 Å². The van der Waals surface area contributed by atoms with Gasteiger partial charge in [-0.3, -0.25) is 0 Å². The average molecular weight is 404 g/mol. The molecule has 1 heterocycles. The summed E-state index contributed by atoms with van der Waals surface area (Å²) in [6, 6.07) is 14.6. The zero-order chi connectivity index (χ0) is 18.5. The number of halogens is 2. The van der Waals surface area contributed by atoms with E-state index in [0.29, 0.717) is 27.3 Å². The number of aromatic nitrogens is 3. The van der Waals surface area contributed by atoms with Crippen molar-refractivity contribution >= 4 is 40.9 Å². The Morgan fingerprint density at radius 1 is 1.08 bits per heavy atom. The minimum absolute atomic E-state index is 0.0685. The third kappa shape index (κ3) is 4.35. The Labute approximate surface area is 164 Å². The van der Waals surface area contributed by atoms with Gasteiger partial charge in [0, 0.05) is 10.5 Å². The number of nitriles is 1. The monoisotopic (exact) mass is 403 g/mol. The number of benzene rings is 2. The van der Waals surface area contributed by atoms with Crippen molar-refractivity contribution in [1.29, 1.82) is 5.26 Å². The van der Waals surface area contributed by atoms with E-state index in [-0.39, 0.29) is 17.6 Å². The summed E-state index contributed by atoms with van der Waals surface area (Å²) in [5.74, 6) is 0.669. The second-order valence-corrected chi connectivity index (χ2v) is 6.78. The fraction of sp³-hybridized carbons (Fsp3) is 0.0588. The van der Waals surface area contributed by atoms with Gasteiger partial charge in [-0.25, -0.2) is 4.98 Å². The topological polar surface area (TPSA) is 97.7 Å². The van der Waals surface area contributed by atoms with Crippen LogP contribution in [0.1, 0.15) is 0 Å². The van der Waals surface area contributed by atoms with Crippen LogP contribution in [0, 0.1) is 11.3 Å². The fourth-order valence-electron chi connectivity index (χ4n) is 2.05. The number of rotatable bonds is 5. The van der Waals surface area contributed by atoms with Gasteiger partial charge in [0.1, 0.15) is 11.8 Å². The number of anilines is 1. The Kier molecular flexibility index (Phi) is 5.78. The van der Waals surface area contributed by atoms with E-state index in [9.17, 15) is 0 Å². The van der Waals surface area contributed by atoms with Crippen molar-refractivity contribution in [2.75, 3.05) is 12.3 Å². The Morgan fingerprint density at radius 2 is 1.85 bits per heavy atom. The molecule has 0 saturated heterocycles. The lowest BCUT2D eigenvalue weighted by molar-refractivity contribution is 0.368. The second-order valence-electron chi connectivity index (χ2n) is 4.92. The number of nitrogen functional groups attached to an aromatic ring is 1. The molecular formula is C17H11Cl2N5OS. The molecule has 2 N–H and O–H groups in total. The highest BCUT2D eigenvalue weighted by Crippen LogP contribution is 2.36. The van der Waals surface area contributed by atoms with E-state index < -0.39 is 0 Å². The van der Waals surface area contributed by atoms with Crippen LogP contribution in [0.4, 0.5) is 5.95 Å². The van der Waals surface area contributed by atoms with Crippen LogP contribution in [0.3, 0.4) is 0 Å². The first-order valence-corrected chi connectivity index (χ1v) is 8.87. The van der Waals surface area contributed by atoms with Crippen molar-refractivity contribution in [3.8, 4) is 23.2 Å². The normalized spacial score (nSPS) is 10.3. The summed E-state index contributed by atoms with van der Waals surface area (Å²) in [5, 5.41) is 9.73. The van der Waals surface area contributed by atoms with Crippen LogP contribution in [-0.4, -0.2) is 21.6 Å². The second kappa shape index (κ2) is 8.23. The predicted octanol–water partition coefficient (Wildman–Crippen LogP) is 4.48. The molecule has 0 bridgehead atoms. The lowest BCUT2D eigenvalue weighted by Crippen LogP contribution is -2.02. The van der Waals surface area contributed by atoms with Gasteiger partial charge in [-0.1, -0.05) is 41.4 Å². The molecule has 26 heavy (non-hydrogen) atoms. The highest BCUT2D eigenvalue weighted by Gasteiger charge is 2.15. The highest BCUT2D eigenvalue weighted by atomic mass is 35.5.